The fourth-order valence-corrected chi connectivity index (χ4v) is 4.17. The van der Waals surface area contributed by atoms with E-state index in [4.69, 9.17) is 4.52 Å². The van der Waals surface area contributed by atoms with Crippen molar-refractivity contribution in [2.75, 3.05) is 18.4 Å². The van der Waals surface area contributed by atoms with E-state index in [0.717, 1.165) is 30.6 Å². The Morgan fingerprint density at radius 3 is 3.00 bits per heavy atom. The molecule has 4 rings (SSSR count). The maximum Gasteiger partial charge on any atom is 0.321 e. The lowest BCUT2D eigenvalue weighted by molar-refractivity contribution is 0.173. The number of carbonyl (C=O) groups is 1. The number of anilines is 1. The third kappa shape index (κ3) is 4.25. The summed E-state index contributed by atoms with van der Waals surface area (Å²) >= 11 is 1.61. The second-order valence-corrected chi connectivity index (χ2v) is 8.19. The number of aromatic nitrogens is 2. The topological polar surface area (TPSA) is 71.3 Å². The first kappa shape index (κ1) is 18.7. The van der Waals surface area contributed by atoms with Crippen LogP contribution in [0.1, 0.15) is 29.9 Å². The minimum Gasteiger partial charge on any atom is -0.339 e. The molecule has 1 fully saturated rings. The van der Waals surface area contributed by atoms with Crippen molar-refractivity contribution < 1.29 is 9.32 Å². The van der Waals surface area contributed by atoms with Gasteiger partial charge in [0.2, 0.25) is 11.7 Å². The van der Waals surface area contributed by atoms with Gasteiger partial charge in [-0.05, 0) is 67.3 Å². The number of piperidine rings is 1. The van der Waals surface area contributed by atoms with Crippen molar-refractivity contribution in [1.29, 1.82) is 0 Å². The minimum atomic E-state index is -0.0440. The maximum atomic E-state index is 12.7. The van der Waals surface area contributed by atoms with Gasteiger partial charge in [0.05, 0.1) is 0 Å². The monoisotopic (exact) mass is 396 g/mol. The van der Waals surface area contributed by atoms with Crippen LogP contribution in [0.5, 0.6) is 0 Å². The van der Waals surface area contributed by atoms with E-state index in [1.54, 1.807) is 11.3 Å². The van der Waals surface area contributed by atoms with Crippen LogP contribution in [-0.4, -0.2) is 34.2 Å². The molecular formula is C21H24N4O2S. The molecule has 28 heavy (non-hydrogen) atoms. The van der Waals surface area contributed by atoms with Crippen LogP contribution >= 0.6 is 11.3 Å². The van der Waals surface area contributed by atoms with Gasteiger partial charge in [0, 0.05) is 36.1 Å². The number of amides is 2. The van der Waals surface area contributed by atoms with E-state index in [1.807, 2.05) is 39.9 Å². The van der Waals surface area contributed by atoms with Crippen molar-refractivity contribution in [3.8, 4) is 11.4 Å². The van der Waals surface area contributed by atoms with E-state index in [1.165, 1.54) is 11.1 Å². The largest absolute Gasteiger partial charge is 0.339 e. The summed E-state index contributed by atoms with van der Waals surface area (Å²) in [7, 11) is 0. The van der Waals surface area contributed by atoms with Gasteiger partial charge in [-0.2, -0.15) is 16.3 Å². The van der Waals surface area contributed by atoms with E-state index < -0.39 is 0 Å². The Balaban J connectivity index is 1.36. The lowest BCUT2D eigenvalue weighted by atomic mass is 9.95. The molecule has 1 unspecified atom stereocenters. The summed E-state index contributed by atoms with van der Waals surface area (Å²) in [5.41, 5.74) is 4.22. The van der Waals surface area contributed by atoms with Crippen LogP contribution in [-0.2, 0) is 6.42 Å². The molecule has 0 saturated carbocycles. The average molecular weight is 397 g/mol. The first-order chi connectivity index (χ1) is 13.6. The van der Waals surface area contributed by atoms with Crippen LogP contribution in [0.4, 0.5) is 10.5 Å². The Morgan fingerprint density at radius 1 is 1.32 bits per heavy atom. The molecule has 1 saturated heterocycles. The highest BCUT2D eigenvalue weighted by Gasteiger charge is 2.25. The van der Waals surface area contributed by atoms with Gasteiger partial charge in [-0.3, -0.25) is 0 Å². The van der Waals surface area contributed by atoms with E-state index in [9.17, 15) is 4.79 Å². The summed E-state index contributed by atoms with van der Waals surface area (Å²) in [6.07, 6.45) is 2.74. The number of nitrogens with one attached hydrogen (secondary N) is 1. The summed E-state index contributed by atoms with van der Waals surface area (Å²) in [4.78, 5) is 19.1. The smallest absolute Gasteiger partial charge is 0.321 e. The number of hydrogen-bond acceptors (Lipinski definition) is 5. The zero-order chi connectivity index (χ0) is 19.5. The number of hydrogen-bond donors (Lipinski definition) is 1. The van der Waals surface area contributed by atoms with Gasteiger partial charge in [-0.25, -0.2) is 4.79 Å². The molecule has 146 valence electrons. The van der Waals surface area contributed by atoms with Crippen molar-refractivity contribution >= 4 is 23.1 Å². The first-order valence-electron chi connectivity index (χ1n) is 9.57. The summed E-state index contributed by atoms with van der Waals surface area (Å²) < 4.78 is 5.43. The van der Waals surface area contributed by atoms with Crippen LogP contribution < -0.4 is 5.32 Å². The predicted molar refractivity (Wildman–Crippen MR) is 111 cm³/mol. The molecule has 1 aliphatic heterocycles. The highest BCUT2D eigenvalue weighted by molar-refractivity contribution is 7.08. The van der Waals surface area contributed by atoms with Crippen LogP contribution in [0.25, 0.3) is 11.4 Å². The number of carbonyl (C=O) groups excluding carboxylic acids is 1. The molecule has 3 aromatic rings. The molecule has 1 aromatic carbocycles. The van der Waals surface area contributed by atoms with E-state index >= 15 is 0 Å². The molecule has 1 N–H and O–H groups in total. The molecule has 1 atom stereocenters. The number of aryl methyl sites for hydroxylation is 2. The lowest BCUT2D eigenvalue weighted by Gasteiger charge is -2.32. The van der Waals surface area contributed by atoms with Crippen LogP contribution in [0.3, 0.4) is 0 Å². The van der Waals surface area contributed by atoms with E-state index in [0.29, 0.717) is 30.6 Å². The van der Waals surface area contributed by atoms with E-state index in [2.05, 4.69) is 29.3 Å². The molecule has 0 bridgehead atoms. The second-order valence-electron chi connectivity index (χ2n) is 7.41. The molecule has 2 aromatic heterocycles. The Hall–Kier alpha value is -2.67. The highest BCUT2D eigenvalue weighted by atomic mass is 32.1. The van der Waals surface area contributed by atoms with Crippen LogP contribution in [0.2, 0.25) is 0 Å². The second kappa shape index (κ2) is 8.14. The molecule has 0 spiro atoms. The summed E-state index contributed by atoms with van der Waals surface area (Å²) in [5.74, 6) is 1.61. The third-order valence-electron chi connectivity index (χ3n) is 5.28. The summed E-state index contributed by atoms with van der Waals surface area (Å²) in [6.45, 7) is 5.60. The highest BCUT2D eigenvalue weighted by Crippen LogP contribution is 2.24. The normalized spacial score (nSPS) is 16.9. The van der Waals surface area contributed by atoms with E-state index in [-0.39, 0.29) is 6.03 Å². The Bertz CT molecular complexity index is 951. The molecule has 3 heterocycles. The van der Waals surface area contributed by atoms with Crippen molar-refractivity contribution in [2.45, 2.75) is 33.1 Å². The summed E-state index contributed by atoms with van der Waals surface area (Å²) in [6, 6.07) is 7.94. The Kier molecular flexibility index (Phi) is 5.43. The fraction of sp³-hybridized carbons (Fsp3) is 0.381. The fourth-order valence-electron chi connectivity index (χ4n) is 3.53. The molecule has 7 heteroatoms. The SMILES string of the molecule is Cc1ccc(NC(=O)N2CCCC(Cc3nc(-c4ccsc4)no3)C2)cc1C. The lowest BCUT2D eigenvalue weighted by Crippen LogP contribution is -2.42. The Morgan fingerprint density at radius 2 is 2.21 bits per heavy atom. The molecular weight excluding hydrogens is 372 g/mol. The van der Waals surface area contributed by atoms with Crippen molar-refractivity contribution in [2.24, 2.45) is 5.92 Å². The zero-order valence-corrected chi connectivity index (χ0v) is 17.0. The predicted octanol–water partition coefficient (Wildman–Crippen LogP) is 4.90. The van der Waals surface area contributed by atoms with Crippen molar-refractivity contribution in [3.05, 3.63) is 52.0 Å². The van der Waals surface area contributed by atoms with Gasteiger partial charge in [-0.1, -0.05) is 11.2 Å². The molecule has 6 nitrogen and oxygen atoms in total. The number of urea groups is 1. The molecule has 1 aliphatic rings. The summed E-state index contributed by atoms with van der Waals surface area (Å²) in [5, 5.41) is 11.1. The first-order valence-corrected chi connectivity index (χ1v) is 10.5. The third-order valence-corrected chi connectivity index (χ3v) is 5.96. The maximum absolute atomic E-state index is 12.7. The zero-order valence-electron chi connectivity index (χ0n) is 16.1. The molecule has 0 aliphatic carbocycles. The molecule has 0 radical (unpaired) electrons. The Labute approximate surface area is 168 Å². The van der Waals surface area contributed by atoms with Gasteiger partial charge >= 0.3 is 6.03 Å². The van der Waals surface area contributed by atoms with Crippen molar-refractivity contribution in [1.82, 2.24) is 15.0 Å². The standard InChI is InChI=1S/C21H24N4O2S/c1-14-5-6-18(10-15(14)2)22-21(26)25-8-3-4-16(12-25)11-19-23-20(24-27-19)17-7-9-28-13-17/h5-7,9-10,13,16H,3-4,8,11-12H2,1-2H3,(H,22,26). The van der Waals surface area contributed by atoms with Crippen molar-refractivity contribution in [3.63, 3.8) is 0 Å². The number of nitrogens with zero attached hydrogens (tertiary/aromatic N) is 3. The number of benzene rings is 1. The van der Waals surface area contributed by atoms with Gasteiger partial charge in [-0.15, -0.1) is 0 Å². The van der Waals surface area contributed by atoms with Crippen LogP contribution in [0.15, 0.2) is 39.5 Å². The minimum absolute atomic E-state index is 0.0440. The van der Waals surface area contributed by atoms with Crippen LogP contribution in [0, 0.1) is 19.8 Å². The average Bonchev–Trinajstić information content (AvgIpc) is 3.37. The number of likely N-dealkylation sites (tertiary alicyclic amines) is 1. The van der Waals surface area contributed by atoms with Gasteiger partial charge in [0.1, 0.15) is 0 Å². The van der Waals surface area contributed by atoms with Gasteiger partial charge < -0.3 is 14.7 Å². The van der Waals surface area contributed by atoms with Gasteiger partial charge in [0.15, 0.2) is 0 Å². The van der Waals surface area contributed by atoms with Gasteiger partial charge in [0.25, 0.3) is 0 Å². The number of thiophene rings is 1. The number of rotatable bonds is 4. The quantitative estimate of drug-likeness (QED) is 0.681. The molecule has 2 amide bonds.